The zero-order valence-corrected chi connectivity index (χ0v) is 21.7. The maximum atomic E-state index is 13.5. The largest absolute Gasteiger partial charge is 0.352 e. The molecule has 11 heteroatoms. The molecule has 0 saturated heterocycles. The first-order chi connectivity index (χ1) is 15.8. The number of anilines is 1. The van der Waals surface area contributed by atoms with E-state index in [0.717, 1.165) is 22.7 Å². The van der Waals surface area contributed by atoms with Gasteiger partial charge in [0.25, 0.3) is 0 Å². The second kappa shape index (κ2) is 11.9. The van der Waals surface area contributed by atoms with E-state index in [0.29, 0.717) is 15.6 Å². The van der Waals surface area contributed by atoms with Crippen LogP contribution in [0.1, 0.15) is 32.8 Å². The lowest BCUT2D eigenvalue weighted by atomic mass is 10.1. The fraction of sp³-hybridized carbons (Fsp3) is 0.391. The molecule has 0 aliphatic carbocycles. The molecule has 0 saturated carbocycles. The van der Waals surface area contributed by atoms with Gasteiger partial charge in [0.1, 0.15) is 18.4 Å². The first kappa shape index (κ1) is 27.9. The smallest absolute Gasteiger partial charge is 0.244 e. The summed E-state index contributed by atoms with van der Waals surface area (Å²) < 4.78 is 39.3. The maximum Gasteiger partial charge on any atom is 0.244 e. The van der Waals surface area contributed by atoms with Crippen LogP contribution in [0.3, 0.4) is 0 Å². The van der Waals surface area contributed by atoms with Crippen molar-refractivity contribution in [3.05, 3.63) is 63.9 Å². The van der Waals surface area contributed by atoms with Gasteiger partial charge in [-0.3, -0.25) is 13.9 Å². The van der Waals surface area contributed by atoms with Gasteiger partial charge >= 0.3 is 0 Å². The van der Waals surface area contributed by atoms with Crippen molar-refractivity contribution in [3.8, 4) is 0 Å². The zero-order chi connectivity index (χ0) is 25.6. The molecule has 34 heavy (non-hydrogen) atoms. The molecule has 1 N–H and O–H groups in total. The van der Waals surface area contributed by atoms with E-state index in [9.17, 15) is 22.4 Å². The average Bonchev–Trinajstić information content (AvgIpc) is 2.73. The molecule has 7 nitrogen and oxygen atoms in total. The maximum absolute atomic E-state index is 13.5. The second-order valence-corrected chi connectivity index (χ2v) is 10.8. The summed E-state index contributed by atoms with van der Waals surface area (Å²) >= 11 is 12.6. The predicted octanol–water partition coefficient (Wildman–Crippen LogP) is 4.23. The van der Waals surface area contributed by atoms with Crippen LogP contribution in [-0.2, 0) is 26.2 Å². The number of hydrogen-bond donors (Lipinski definition) is 1. The molecule has 2 aromatic rings. The molecular weight excluding hydrogens is 504 g/mol. The summed E-state index contributed by atoms with van der Waals surface area (Å²) in [5.74, 6) is -1.58. The van der Waals surface area contributed by atoms with Crippen molar-refractivity contribution in [1.82, 2.24) is 10.2 Å². The lowest BCUT2D eigenvalue weighted by Gasteiger charge is -2.33. The first-order valence-electron chi connectivity index (χ1n) is 10.6. The molecule has 186 valence electrons. The number of hydrogen-bond acceptors (Lipinski definition) is 4. The normalized spacial score (nSPS) is 12.4. The van der Waals surface area contributed by atoms with E-state index in [-0.39, 0.29) is 30.6 Å². The van der Waals surface area contributed by atoms with Gasteiger partial charge < -0.3 is 10.2 Å². The molecule has 0 aliphatic heterocycles. The highest BCUT2D eigenvalue weighted by Crippen LogP contribution is 2.27. The Balaban J connectivity index is 2.49. The Hall–Kier alpha value is -2.36. The van der Waals surface area contributed by atoms with Gasteiger partial charge in [-0.25, -0.2) is 12.8 Å². The lowest BCUT2D eigenvalue weighted by molar-refractivity contribution is -0.140. The quantitative estimate of drug-likeness (QED) is 0.496. The molecule has 2 aromatic carbocycles. The van der Waals surface area contributed by atoms with Crippen molar-refractivity contribution in [2.75, 3.05) is 17.1 Å². The Kier molecular flexibility index (Phi) is 9.73. The third-order valence-electron chi connectivity index (χ3n) is 5.00. The van der Waals surface area contributed by atoms with Crippen molar-refractivity contribution in [3.63, 3.8) is 0 Å². The van der Waals surface area contributed by atoms with Crippen molar-refractivity contribution in [2.24, 2.45) is 0 Å². The molecule has 2 amide bonds. The highest BCUT2D eigenvalue weighted by atomic mass is 35.5. The summed E-state index contributed by atoms with van der Waals surface area (Å²) in [6.45, 7) is 4.62. The Labute approximate surface area is 209 Å². The summed E-state index contributed by atoms with van der Waals surface area (Å²) in [4.78, 5) is 27.7. The lowest BCUT2D eigenvalue weighted by Crippen LogP contribution is -2.53. The monoisotopic (exact) mass is 531 g/mol. The highest BCUT2D eigenvalue weighted by Gasteiger charge is 2.32. The standard InChI is InChI=1S/C23H28Cl2FN3O4S/c1-5-21(23(31)27-15(2)3)28(13-18-19(24)7-6-8-20(18)25)22(30)14-29(34(4,32)33)17-11-9-16(26)10-12-17/h6-12,15,21H,5,13-14H2,1-4H3,(H,27,31)/t21-/m1/s1. The van der Waals surface area contributed by atoms with Crippen LogP contribution >= 0.6 is 23.2 Å². The molecule has 0 bridgehead atoms. The Morgan fingerprint density at radius 1 is 1.06 bits per heavy atom. The Morgan fingerprint density at radius 2 is 1.62 bits per heavy atom. The molecule has 0 fully saturated rings. The molecular formula is C23H28Cl2FN3O4S. The Bertz CT molecular complexity index is 1110. The van der Waals surface area contributed by atoms with Crippen LogP contribution in [0.4, 0.5) is 10.1 Å². The number of halogens is 3. The second-order valence-electron chi connectivity index (χ2n) is 8.06. The fourth-order valence-corrected chi connectivity index (χ4v) is 4.74. The topological polar surface area (TPSA) is 86.8 Å². The number of sulfonamides is 1. The molecule has 0 spiro atoms. The summed E-state index contributed by atoms with van der Waals surface area (Å²) in [6.07, 6.45) is 1.21. The average molecular weight is 532 g/mol. The van der Waals surface area contributed by atoms with Crippen molar-refractivity contribution in [2.45, 2.75) is 45.8 Å². The van der Waals surface area contributed by atoms with Crippen LogP contribution in [-0.4, -0.2) is 50.0 Å². The first-order valence-corrected chi connectivity index (χ1v) is 13.2. The van der Waals surface area contributed by atoms with E-state index in [4.69, 9.17) is 23.2 Å². The van der Waals surface area contributed by atoms with Crippen LogP contribution in [0.15, 0.2) is 42.5 Å². The summed E-state index contributed by atoms with van der Waals surface area (Å²) in [5, 5.41) is 3.41. The third kappa shape index (κ3) is 7.32. The minimum Gasteiger partial charge on any atom is -0.352 e. The van der Waals surface area contributed by atoms with E-state index in [2.05, 4.69) is 5.32 Å². The van der Waals surface area contributed by atoms with Crippen LogP contribution in [0.2, 0.25) is 10.0 Å². The van der Waals surface area contributed by atoms with Gasteiger partial charge in [0.15, 0.2) is 0 Å². The number of benzene rings is 2. The number of carbonyl (C=O) groups is 2. The van der Waals surface area contributed by atoms with Gasteiger partial charge in [0, 0.05) is 28.2 Å². The molecule has 0 heterocycles. The van der Waals surface area contributed by atoms with Gasteiger partial charge in [-0.05, 0) is 56.7 Å². The van der Waals surface area contributed by atoms with E-state index in [1.165, 1.54) is 17.0 Å². The zero-order valence-electron chi connectivity index (χ0n) is 19.4. The van der Waals surface area contributed by atoms with Crippen LogP contribution < -0.4 is 9.62 Å². The molecule has 0 aromatic heterocycles. The number of carbonyl (C=O) groups excluding carboxylic acids is 2. The van der Waals surface area contributed by atoms with Crippen LogP contribution in [0.25, 0.3) is 0 Å². The van der Waals surface area contributed by atoms with Gasteiger partial charge in [0.05, 0.1) is 11.9 Å². The third-order valence-corrected chi connectivity index (χ3v) is 6.85. The van der Waals surface area contributed by atoms with Gasteiger partial charge in [0.2, 0.25) is 21.8 Å². The molecule has 0 aliphatic rings. The number of rotatable bonds is 10. The Morgan fingerprint density at radius 3 is 2.09 bits per heavy atom. The fourth-order valence-electron chi connectivity index (χ4n) is 3.37. The summed E-state index contributed by atoms with van der Waals surface area (Å²) in [6, 6.07) is 8.54. The number of amides is 2. The summed E-state index contributed by atoms with van der Waals surface area (Å²) in [5.41, 5.74) is 0.551. The SMILES string of the molecule is CC[C@H](C(=O)NC(C)C)N(Cc1c(Cl)cccc1Cl)C(=O)CN(c1ccc(F)cc1)S(C)(=O)=O. The van der Waals surface area contributed by atoms with E-state index in [1.807, 2.05) is 0 Å². The van der Waals surface area contributed by atoms with Crippen LogP contribution in [0.5, 0.6) is 0 Å². The van der Waals surface area contributed by atoms with Crippen molar-refractivity contribution in [1.29, 1.82) is 0 Å². The van der Waals surface area contributed by atoms with Gasteiger partial charge in [-0.2, -0.15) is 0 Å². The van der Waals surface area contributed by atoms with E-state index in [1.54, 1.807) is 39.0 Å². The van der Waals surface area contributed by atoms with E-state index >= 15 is 0 Å². The van der Waals surface area contributed by atoms with Crippen LogP contribution in [0, 0.1) is 5.82 Å². The number of nitrogens with one attached hydrogen (secondary N) is 1. The van der Waals surface area contributed by atoms with Crippen molar-refractivity contribution >= 4 is 50.7 Å². The van der Waals surface area contributed by atoms with Crippen molar-refractivity contribution < 1.29 is 22.4 Å². The minimum absolute atomic E-state index is 0.109. The molecule has 0 unspecified atom stereocenters. The predicted molar refractivity (Wildman–Crippen MR) is 133 cm³/mol. The van der Waals surface area contributed by atoms with Gasteiger partial charge in [-0.15, -0.1) is 0 Å². The highest BCUT2D eigenvalue weighted by molar-refractivity contribution is 7.92. The molecule has 1 atom stereocenters. The molecule has 0 radical (unpaired) electrons. The number of nitrogens with zero attached hydrogens (tertiary/aromatic N) is 2. The summed E-state index contributed by atoms with van der Waals surface area (Å²) in [7, 11) is -3.91. The molecule has 2 rings (SSSR count). The van der Waals surface area contributed by atoms with Gasteiger partial charge in [-0.1, -0.05) is 36.2 Å². The minimum atomic E-state index is -3.91. The van der Waals surface area contributed by atoms with E-state index < -0.39 is 34.3 Å².